The monoisotopic (exact) mass is 293 g/mol. The molecule has 0 aliphatic rings. The maximum absolute atomic E-state index is 12.2. The first-order valence-corrected chi connectivity index (χ1v) is 7.59. The van der Waals surface area contributed by atoms with Gasteiger partial charge in [-0.1, -0.05) is 6.92 Å². The van der Waals surface area contributed by atoms with E-state index in [0.717, 1.165) is 13.0 Å². The summed E-state index contributed by atoms with van der Waals surface area (Å²) in [6, 6.07) is 2.91. The Morgan fingerprint density at radius 1 is 1.15 bits per heavy atom. The molecule has 0 unspecified atom stereocenters. The van der Waals surface area contributed by atoms with Crippen molar-refractivity contribution in [3.05, 3.63) is 36.9 Å². The van der Waals surface area contributed by atoms with E-state index in [9.17, 15) is 8.42 Å². The molecule has 8 heteroatoms. The van der Waals surface area contributed by atoms with Gasteiger partial charge in [0.25, 0.3) is 10.0 Å². The Hall–Kier alpha value is -2.22. The second-order valence-corrected chi connectivity index (χ2v) is 5.68. The molecule has 2 N–H and O–H groups in total. The van der Waals surface area contributed by atoms with Crippen molar-refractivity contribution >= 4 is 21.7 Å². The van der Waals surface area contributed by atoms with Crippen LogP contribution in [0.5, 0.6) is 0 Å². The zero-order valence-corrected chi connectivity index (χ0v) is 11.8. The Labute approximate surface area is 117 Å². The Kier molecular flexibility index (Phi) is 4.46. The number of aromatic nitrogens is 3. The van der Waals surface area contributed by atoms with Crippen LogP contribution in [0.2, 0.25) is 0 Å². The van der Waals surface area contributed by atoms with Crippen LogP contribution in [0.1, 0.15) is 13.3 Å². The number of nitrogens with zero attached hydrogens (tertiary/aromatic N) is 3. The van der Waals surface area contributed by atoms with Gasteiger partial charge in [0.05, 0.1) is 11.1 Å². The third kappa shape index (κ3) is 3.64. The van der Waals surface area contributed by atoms with E-state index in [1.807, 2.05) is 6.92 Å². The summed E-state index contributed by atoms with van der Waals surface area (Å²) in [5.41, 5.74) is 0. The molecular formula is C12H15N5O2S. The van der Waals surface area contributed by atoms with Crippen LogP contribution < -0.4 is 10.0 Å². The third-order valence-electron chi connectivity index (χ3n) is 2.40. The summed E-state index contributed by atoms with van der Waals surface area (Å²) in [7, 11) is -3.69. The fraction of sp³-hybridized carbons (Fsp3) is 0.250. The molecule has 2 heterocycles. The van der Waals surface area contributed by atoms with Crippen LogP contribution in [0.15, 0.2) is 41.8 Å². The first kappa shape index (κ1) is 14.2. The average molecular weight is 293 g/mol. The largest absolute Gasteiger partial charge is 0.370 e. The number of anilines is 2. The predicted molar refractivity (Wildman–Crippen MR) is 75.9 cm³/mol. The van der Waals surface area contributed by atoms with Crippen molar-refractivity contribution in [2.45, 2.75) is 18.2 Å². The van der Waals surface area contributed by atoms with Crippen LogP contribution in [-0.2, 0) is 10.0 Å². The Balaban J connectivity index is 2.21. The summed E-state index contributed by atoms with van der Waals surface area (Å²) >= 11 is 0. The number of hydrogen-bond donors (Lipinski definition) is 2. The lowest BCUT2D eigenvalue weighted by Crippen LogP contribution is -2.14. The second-order valence-electron chi connectivity index (χ2n) is 4.00. The van der Waals surface area contributed by atoms with Gasteiger partial charge in [-0.05, 0) is 12.5 Å². The summed E-state index contributed by atoms with van der Waals surface area (Å²) in [4.78, 5) is 11.9. The highest BCUT2D eigenvalue weighted by atomic mass is 32.2. The SMILES string of the molecule is CCCNc1cc(S(=O)(=O)Nc2cnccn2)ccn1. The lowest BCUT2D eigenvalue weighted by Gasteiger charge is -2.08. The summed E-state index contributed by atoms with van der Waals surface area (Å²) in [6.07, 6.45) is 6.60. The summed E-state index contributed by atoms with van der Waals surface area (Å²) < 4.78 is 26.7. The quantitative estimate of drug-likeness (QED) is 0.837. The van der Waals surface area contributed by atoms with Gasteiger partial charge in [-0.15, -0.1) is 0 Å². The number of pyridine rings is 1. The zero-order valence-electron chi connectivity index (χ0n) is 10.9. The van der Waals surface area contributed by atoms with E-state index in [0.29, 0.717) is 5.82 Å². The molecule has 7 nitrogen and oxygen atoms in total. The Morgan fingerprint density at radius 2 is 1.95 bits per heavy atom. The van der Waals surface area contributed by atoms with Gasteiger partial charge in [-0.2, -0.15) is 0 Å². The van der Waals surface area contributed by atoms with Gasteiger partial charge in [-0.25, -0.2) is 18.4 Å². The van der Waals surface area contributed by atoms with Gasteiger partial charge in [0.1, 0.15) is 5.82 Å². The van der Waals surface area contributed by atoms with Gasteiger partial charge < -0.3 is 5.32 Å². The molecule has 0 radical (unpaired) electrons. The van der Waals surface area contributed by atoms with Crippen molar-refractivity contribution in [2.24, 2.45) is 0 Å². The molecule has 0 saturated heterocycles. The fourth-order valence-corrected chi connectivity index (χ4v) is 2.48. The van der Waals surface area contributed by atoms with Gasteiger partial charge in [0, 0.05) is 31.2 Å². The van der Waals surface area contributed by atoms with Crippen LogP contribution in [0.25, 0.3) is 0 Å². The van der Waals surface area contributed by atoms with E-state index in [-0.39, 0.29) is 10.7 Å². The molecule has 2 aromatic heterocycles. The molecule has 0 aliphatic carbocycles. The first-order valence-electron chi connectivity index (χ1n) is 6.10. The molecule has 0 fully saturated rings. The van der Waals surface area contributed by atoms with E-state index >= 15 is 0 Å². The number of nitrogens with one attached hydrogen (secondary N) is 2. The van der Waals surface area contributed by atoms with Crippen LogP contribution >= 0.6 is 0 Å². The average Bonchev–Trinajstić information content (AvgIpc) is 2.46. The first-order chi connectivity index (χ1) is 9.62. The molecule has 0 bridgehead atoms. The van der Waals surface area contributed by atoms with Crippen molar-refractivity contribution in [3.8, 4) is 0 Å². The lowest BCUT2D eigenvalue weighted by molar-refractivity contribution is 0.601. The molecule has 0 aliphatic heterocycles. The van der Waals surface area contributed by atoms with Crippen molar-refractivity contribution in [3.63, 3.8) is 0 Å². The summed E-state index contributed by atoms with van der Waals surface area (Å²) in [6.45, 7) is 2.75. The van der Waals surface area contributed by atoms with Gasteiger partial charge >= 0.3 is 0 Å². The minimum atomic E-state index is -3.69. The smallest absolute Gasteiger partial charge is 0.263 e. The zero-order chi connectivity index (χ0) is 14.4. The molecule has 0 saturated carbocycles. The molecule has 2 aromatic rings. The molecule has 20 heavy (non-hydrogen) atoms. The molecular weight excluding hydrogens is 278 g/mol. The molecule has 0 spiro atoms. The molecule has 106 valence electrons. The molecule has 0 atom stereocenters. The van der Waals surface area contributed by atoms with Crippen molar-refractivity contribution in [2.75, 3.05) is 16.6 Å². The van der Waals surface area contributed by atoms with E-state index < -0.39 is 10.0 Å². The van der Waals surface area contributed by atoms with Crippen molar-refractivity contribution in [1.29, 1.82) is 0 Å². The van der Waals surface area contributed by atoms with E-state index in [2.05, 4.69) is 25.0 Å². The maximum Gasteiger partial charge on any atom is 0.263 e. The van der Waals surface area contributed by atoms with Gasteiger partial charge in [0.2, 0.25) is 0 Å². The normalized spacial score (nSPS) is 11.1. The van der Waals surface area contributed by atoms with E-state index in [1.54, 1.807) is 0 Å². The maximum atomic E-state index is 12.2. The minimum absolute atomic E-state index is 0.122. The van der Waals surface area contributed by atoms with Crippen LogP contribution in [0, 0.1) is 0 Å². The van der Waals surface area contributed by atoms with Crippen molar-refractivity contribution in [1.82, 2.24) is 15.0 Å². The van der Waals surface area contributed by atoms with E-state index in [1.165, 1.54) is 36.9 Å². The third-order valence-corrected chi connectivity index (χ3v) is 3.75. The van der Waals surface area contributed by atoms with Gasteiger partial charge in [-0.3, -0.25) is 9.71 Å². The number of rotatable bonds is 6. The summed E-state index contributed by atoms with van der Waals surface area (Å²) in [5.74, 6) is 0.696. The van der Waals surface area contributed by atoms with E-state index in [4.69, 9.17) is 0 Å². The Bertz CT molecular complexity index is 661. The molecule has 2 rings (SSSR count). The van der Waals surface area contributed by atoms with Crippen LogP contribution in [-0.4, -0.2) is 29.9 Å². The topological polar surface area (TPSA) is 96.9 Å². The summed E-state index contributed by atoms with van der Waals surface area (Å²) in [5, 5.41) is 3.04. The second kappa shape index (κ2) is 6.29. The van der Waals surface area contributed by atoms with Crippen LogP contribution in [0.3, 0.4) is 0 Å². The number of sulfonamides is 1. The molecule has 0 amide bonds. The van der Waals surface area contributed by atoms with Crippen LogP contribution in [0.4, 0.5) is 11.6 Å². The van der Waals surface area contributed by atoms with Crippen molar-refractivity contribution < 1.29 is 8.42 Å². The predicted octanol–water partition coefficient (Wildman–Crippen LogP) is 1.49. The fourth-order valence-electron chi connectivity index (χ4n) is 1.48. The highest BCUT2D eigenvalue weighted by Gasteiger charge is 2.15. The van der Waals surface area contributed by atoms with Gasteiger partial charge in [0.15, 0.2) is 5.82 Å². The minimum Gasteiger partial charge on any atom is -0.370 e. The number of hydrogen-bond acceptors (Lipinski definition) is 6. The highest BCUT2D eigenvalue weighted by Crippen LogP contribution is 2.15. The Morgan fingerprint density at radius 3 is 2.65 bits per heavy atom. The highest BCUT2D eigenvalue weighted by molar-refractivity contribution is 7.92. The lowest BCUT2D eigenvalue weighted by atomic mass is 10.4. The molecule has 0 aromatic carbocycles. The standard InChI is InChI=1S/C12H15N5O2S/c1-2-4-14-11-8-10(3-5-15-11)20(18,19)17-12-9-13-6-7-16-12/h3,5-9H,2,4H2,1H3,(H,14,15)(H,16,17).